The van der Waals surface area contributed by atoms with Crippen molar-refractivity contribution in [3.63, 3.8) is 0 Å². The van der Waals surface area contributed by atoms with Gasteiger partial charge in [-0.2, -0.15) is 0 Å². The molecule has 0 aromatic heterocycles. The Hall–Kier alpha value is -2.37. The van der Waals surface area contributed by atoms with Crippen LogP contribution in [0.1, 0.15) is 35.2 Å². The number of halogens is 1. The average molecular weight is 413 g/mol. The van der Waals surface area contributed by atoms with Gasteiger partial charge in [0.1, 0.15) is 6.61 Å². The Kier molecular flexibility index (Phi) is 5.88. The van der Waals surface area contributed by atoms with E-state index in [1.54, 1.807) is 24.3 Å². The maximum Gasteiger partial charge on any atom is 0.253 e. The maximum atomic E-state index is 12.9. The fourth-order valence-electron chi connectivity index (χ4n) is 4.18. The molecule has 0 radical (unpaired) electrons. The number of hydrogen-bond acceptors (Lipinski definition) is 3. The minimum absolute atomic E-state index is 0.0201. The molecule has 0 unspecified atom stereocenters. The number of amides is 2. The summed E-state index contributed by atoms with van der Waals surface area (Å²) in [7, 11) is 0. The van der Waals surface area contributed by atoms with Crippen LogP contribution in [0.25, 0.3) is 0 Å². The van der Waals surface area contributed by atoms with Crippen LogP contribution in [0.5, 0.6) is 0 Å². The third-order valence-corrected chi connectivity index (χ3v) is 6.08. The molecule has 2 aromatic carbocycles. The number of morpholine rings is 1. The summed E-state index contributed by atoms with van der Waals surface area (Å²) in [5.41, 5.74) is 1.39. The van der Waals surface area contributed by atoms with Gasteiger partial charge < -0.3 is 14.5 Å². The van der Waals surface area contributed by atoms with E-state index in [9.17, 15) is 9.59 Å². The Morgan fingerprint density at radius 1 is 1.03 bits per heavy atom. The van der Waals surface area contributed by atoms with Gasteiger partial charge >= 0.3 is 0 Å². The summed E-state index contributed by atoms with van der Waals surface area (Å²) >= 11 is 5.94. The van der Waals surface area contributed by atoms with Gasteiger partial charge in [0, 0.05) is 30.2 Å². The highest BCUT2D eigenvalue weighted by atomic mass is 35.5. The summed E-state index contributed by atoms with van der Waals surface area (Å²) < 4.78 is 6.07. The zero-order valence-electron chi connectivity index (χ0n) is 16.4. The van der Waals surface area contributed by atoms with Crippen molar-refractivity contribution in [2.45, 2.75) is 31.4 Å². The minimum Gasteiger partial charge on any atom is -0.363 e. The molecule has 2 aromatic rings. The first kappa shape index (κ1) is 19.9. The van der Waals surface area contributed by atoms with Crippen LogP contribution in [0.4, 0.5) is 0 Å². The lowest BCUT2D eigenvalue weighted by Crippen LogP contribution is -2.54. The molecule has 2 aliphatic rings. The lowest BCUT2D eigenvalue weighted by molar-refractivity contribution is -0.166. The standard InChI is InChI=1S/C23H25ClN2O3/c24-20-9-7-19(8-10-20)22(28)25-13-4-11-23(12-14-25)17-26(21(27)16-29-23)15-18-5-2-1-3-6-18/h1-3,5-10H,4,11-17H2/t23-/m0/s1. The van der Waals surface area contributed by atoms with Crippen molar-refractivity contribution in [1.82, 2.24) is 9.80 Å². The number of hydrogen-bond donors (Lipinski definition) is 0. The van der Waals surface area contributed by atoms with Crippen molar-refractivity contribution in [1.29, 1.82) is 0 Å². The molecule has 0 aliphatic carbocycles. The number of carbonyl (C=O) groups excluding carboxylic acids is 2. The second-order valence-electron chi connectivity index (χ2n) is 7.86. The van der Waals surface area contributed by atoms with E-state index in [1.807, 2.05) is 40.1 Å². The van der Waals surface area contributed by atoms with Gasteiger partial charge in [-0.3, -0.25) is 9.59 Å². The minimum atomic E-state index is -0.377. The molecule has 6 heteroatoms. The number of likely N-dealkylation sites (tertiary alicyclic amines) is 1. The van der Waals surface area contributed by atoms with E-state index in [-0.39, 0.29) is 24.0 Å². The van der Waals surface area contributed by atoms with Crippen LogP contribution in [0, 0.1) is 0 Å². The highest BCUT2D eigenvalue weighted by molar-refractivity contribution is 6.30. The quantitative estimate of drug-likeness (QED) is 0.771. The topological polar surface area (TPSA) is 49.9 Å². The molecule has 0 saturated carbocycles. The number of benzene rings is 2. The monoisotopic (exact) mass is 412 g/mol. The normalized spacial score (nSPS) is 22.6. The third-order valence-electron chi connectivity index (χ3n) is 5.83. The third kappa shape index (κ3) is 4.62. The van der Waals surface area contributed by atoms with Gasteiger partial charge in [0.2, 0.25) is 5.91 Å². The number of ether oxygens (including phenoxy) is 1. The lowest BCUT2D eigenvalue weighted by Gasteiger charge is -2.42. The van der Waals surface area contributed by atoms with Crippen LogP contribution in [0.2, 0.25) is 5.02 Å². The largest absolute Gasteiger partial charge is 0.363 e. The van der Waals surface area contributed by atoms with Crippen LogP contribution in [-0.2, 0) is 16.1 Å². The van der Waals surface area contributed by atoms with Gasteiger partial charge in [0.15, 0.2) is 0 Å². The van der Waals surface area contributed by atoms with E-state index in [1.165, 1.54) is 0 Å². The van der Waals surface area contributed by atoms with E-state index in [2.05, 4.69) is 0 Å². The summed E-state index contributed by atoms with van der Waals surface area (Å²) in [5.74, 6) is 0.0459. The zero-order valence-corrected chi connectivity index (χ0v) is 17.1. The van der Waals surface area contributed by atoms with Crippen molar-refractivity contribution in [2.24, 2.45) is 0 Å². The summed E-state index contributed by atoms with van der Waals surface area (Å²) in [6.45, 7) is 2.59. The molecule has 2 amide bonds. The fraction of sp³-hybridized carbons (Fsp3) is 0.391. The Morgan fingerprint density at radius 3 is 2.55 bits per heavy atom. The number of nitrogens with zero attached hydrogens (tertiary/aromatic N) is 2. The highest BCUT2D eigenvalue weighted by Gasteiger charge is 2.41. The van der Waals surface area contributed by atoms with E-state index in [0.29, 0.717) is 36.8 Å². The molecule has 0 bridgehead atoms. The molecule has 4 rings (SSSR count). The van der Waals surface area contributed by atoms with Gasteiger partial charge in [0.25, 0.3) is 5.91 Å². The molecule has 152 valence electrons. The molecule has 1 spiro atoms. The van der Waals surface area contributed by atoms with E-state index in [0.717, 1.165) is 24.8 Å². The molecular formula is C23H25ClN2O3. The molecule has 1 atom stereocenters. The van der Waals surface area contributed by atoms with Crippen molar-refractivity contribution in [2.75, 3.05) is 26.2 Å². The smallest absolute Gasteiger partial charge is 0.253 e. The molecule has 0 N–H and O–H groups in total. The molecule has 2 saturated heterocycles. The van der Waals surface area contributed by atoms with Gasteiger partial charge in [0.05, 0.1) is 12.1 Å². The van der Waals surface area contributed by atoms with Crippen molar-refractivity contribution >= 4 is 23.4 Å². The predicted octanol–water partition coefficient (Wildman–Crippen LogP) is 3.76. The van der Waals surface area contributed by atoms with Crippen molar-refractivity contribution in [3.05, 3.63) is 70.7 Å². The molecule has 2 aliphatic heterocycles. The van der Waals surface area contributed by atoms with Crippen molar-refractivity contribution < 1.29 is 14.3 Å². The Balaban J connectivity index is 1.43. The van der Waals surface area contributed by atoms with Gasteiger partial charge in [-0.1, -0.05) is 41.9 Å². The summed E-state index contributed by atoms with van der Waals surface area (Å²) in [6, 6.07) is 17.0. The fourth-order valence-corrected chi connectivity index (χ4v) is 4.31. The van der Waals surface area contributed by atoms with E-state index in [4.69, 9.17) is 16.3 Å². The summed E-state index contributed by atoms with van der Waals surface area (Å²) in [6.07, 6.45) is 2.42. The van der Waals surface area contributed by atoms with Gasteiger partial charge in [-0.15, -0.1) is 0 Å². The van der Waals surface area contributed by atoms with Gasteiger partial charge in [-0.25, -0.2) is 0 Å². The molecular weight excluding hydrogens is 388 g/mol. The Morgan fingerprint density at radius 2 is 1.79 bits per heavy atom. The van der Waals surface area contributed by atoms with Crippen LogP contribution >= 0.6 is 11.6 Å². The zero-order chi connectivity index (χ0) is 20.3. The summed E-state index contributed by atoms with van der Waals surface area (Å²) in [4.78, 5) is 29.1. The average Bonchev–Trinajstić information content (AvgIpc) is 2.94. The van der Waals surface area contributed by atoms with E-state index < -0.39 is 0 Å². The SMILES string of the molecule is O=C1CO[C@]2(CCCN(C(=O)c3ccc(Cl)cc3)CC2)CN1Cc1ccccc1. The first-order valence-electron chi connectivity index (χ1n) is 10.1. The van der Waals surface area contributed by atoms with Crippen LogP contribution in [-0.4, -0.2) is 53.5 Å². The first-order chi connectivity index (χ1) is 14.0. The second-order valence-corrected chi connectivity index (χ2v) is 8.30. The predicted molar refractivity (Wildman–Crippen MR) is 112 cm³/mol. The Bertz CT molecular complexity index is 871. The van der Waals surface area contributed by atoms with Gasteiger partial charge in [-0.05, 0) is 49.1 Å². The molecule has 5 nitrogen and oxygen atoms in total. The van der Waals surface area contributed by atoms with Crippen LogP contribution < -0.4 is 0 Å². The molecule has 29 heavy (non-hydrogen) atoms. The van der Waals surface area contributed by atoms with Crippen LogP contribution in [0.3, 0.4) is 0 Å². The summed E-state index contributed by atoms with van der Waals surface area (Å²) in [5, 5.41) is 0.621. The highest BCUT2D eigenvalue weighted by Crippen LogP contribution is 2.31. The van der Waals surface area contributed by atoms with E-state index >= 15 is 0 Å². The van der Waals surface area contributed by atoms with Crippen LogP contribution in [0.15, 0.2) is 54.6 Å². The maximum absolute atomic E-state index is 12.9. The molecule has 2 fully saturated rings. The number of rotatable bonds is 3. The Labute approximate surface area is 176 Å². The molecule has 2 heterocycles. The first-order valence-corrected chi connectivity index (χ1v) is 10.4. The number of carbonyl (C=O) groups is 2. The van der Waals surface area contributed by atoms with Crippen molar-refractivity contribution in [3.8, 4) is 0 Å². The lowest BCUT2D eigenvalue weighted by atomic mass is 9.92. The second kappa shape index (κ2) is 8.56.